The molecule has 0 saturated heterocycles. The van der Waals surface area contributed by atoms with Crippen LogP contribution in [-0.4, -0.2) is 25.7 Å². The first-order valence-corrected chi connectivity index (χ1v) is 11.6. The highest BCUT2D eigenvalue weighted by atomic mass is 32.1. The summed E-state index contributed by atoms with van der Waals surface area (Å²) in [6.07, 6.45) is 6.28. The molecule has 5 nitrogen and oxygen atoms in total. The van der Waals surface area contributed by atoms with Crippen LogP contribution in [0.2, 0.25) is 0 Å². The summed E-state index contributed by atoms with van der Waals surface area (Å²) in [4.78, 5) is 30.1. The Hall–Kier alpha value is -4.17. The summed E-state index contributed by atoms with van der Waals surface area (Å²) in [5.74, 6) is -2.46. The Bertz CT molecular complexity index is 1500. The van der Waals surface area contributed by atoms with E-state index in [-0.39, 0.29) is 6.42 Å². The SMILES string of the molecule is Cc1ccc(-c2nc(-c3cccnc3)cs2)cc1-c1cnc(CC(=O)c2c(F)cccc2F)cn1. The summed E-state index contributed by atoms with van der Waals surface area (Å²) >= 11 is 1.54. The second kappa shape index (κ2) is 9.60. The lowest BCUT2D eigenvalue weighted by Crippen LogP contribution is -2.10. The minimum absolute atomic E-state index is 0.250. The second-order valence-electron chi connectivity index (χ2n) is 7.90. The van der Waals surface area contributed by atoms with Gasteiger partial charge in [0.15, 0.2) is 5.78 Å². The quantitative estimate of drug-likeness (QED) is 0.263. The van der Waals surface area contributed by atoms with Crippen molar-refractivity contribution in [2.24, 2.45) is 0 Å². The molecule has 3 heterocycles. The minimum Gasteiger partial charge on any atom is -0.294 e. The molecule has 0 aliphatic carbocycles. The third-order valence-electron chi connectivity index (χ3n) is 5.51. The molecule has 0 radical (unpaired) electrons. The molecule has 0 fully saturated rings. The highest BCUT2D eigenvalue weighted by Crippen LogP contribution is 2.32. The fourth-order valence-electron chi connectivity index (χ4n) is 3.69. The van der Waals surface area contributed by atoms with Crippen molar-refractivity contribution in [1.29, 1.82) is 0 Å². The second-order valence-corrected chi connectivity index (χ2v) is 8.76. The molecule has 0 amide bonds. The van der Waals surface area contributed by atoms with Crippen molar-refractivity contribution in [3.8, 4) is 33.1 Å². The van der Waals surface area contributed by atoms with E-state index in [4.69, 9.17) is 4.98 Å². The van der Waals surface area contributed by atoms with E-state index in [0.717, 1.165) is 45.1 Å². The lowest BCUT2D eigenvalue weighted by atomic mass is 10.0. The Morgan fingerprint density at radius 2 is 1.74 bits per heavy atom. The highest BCUT2D eigenvalue weighted by Gasteiger charge is 2.18. The maximum absolute atomic E-state index is 13.9. The number of ketones is 1. The van der Waals surface area contributed by atoms with Crippen LogP contribution in [0.4, 0.5) is 8.78 Å². The monoisotopic (exact) mass is 484 g/mol. The van der Waals surface area contributed by atoms with Crippen molar-refractivity contribution < 1.29 is 13.6 Å². The van der Waals surface area contributed by atoms with Crippen molar-refractivity contribution in [3.63, 3.8) is 0 Å². The van der Waals surface area contributed by atoms with E-state index in [9.17, 15) is 13.6 Å². The molecule has 8 heteroatoms. The van der Waals surface area contributed by atoms with Gasteiger partial charge in [0.1, 0.15) is 16.6 Å². The van der Waals surface area contributed by atoms with Crippen LogP contribution in [-0.2, 0) is 6.42 Å². The third kappa shape index (κ3) is 4.74. The van der Waals surface area contributed by atoms with Gasteiger partial charge in [-0.05, 0) is 42.8 Å². The first-order chi connectivity index (χ1) is 17.0. The van der Waals surface area contributed by atoms with E-state index in [1.54, 1.807) is 29.9 Å². The zero-order chi connectivity index (χ0) is 24.4. The van der Waals surface area contributed by atoms with Crippen LogP contribution < -0.4 is 0 Å². The van der Waals surface area contributed by atoms with E-state index in [1.165, 1.54) is 12.3 Å². The van der Waals surface area contributed by atoms with Gasteiger partial charge in [-0.3, -0.25) is 19.7 Å². The molecule has 0 bridgehead atoms. The van der Waals surface area contributed by atoms with E-state index >= 15 is 0 Å². The molecule has 3 aromatic heterocycles. The van der Waals surface area contributed by atoms with E-state index in [0.29, 0.717) is 11.4 Å². The number of carbonyl (C=O) groups excluding carboxylic acids is 1. The van der Waals surface area contributed by atoms with Crippen LogP contribution in [0, 0.1) is 18.6 Å². The largest absolute Gasteiger partial charge is 0.294 e. The van der Waals surface area contributed by atoms with Gasteiger partial charge in [-0.15, -0.1) is 11.3 Å². The molecule has 0 unspecified atom stereocenters. The number of hydrogen-bond donors (Lipinski definition) is 0. The molecule has 0 saturated carbocycles. The highest BCUT2D eigenvalue weighted by molar-refractivity contribution is 7.13. The number of rotatable bonds is 6. The zero-order valence-corrected chi connectivity index (χ0v) is 19.4. The van der Waals surface area contributed by atoms with Gasteiger partial charge in [0.25, 0.3) is 0 Å². The Morgan fingerprint density at radius 3 is 2.46 bits per heavy atom. The van der Waals surface area contributed by atoms with Gasteiger partial charge in [0.05, 0.1) is 35.3 Å². The molecule has 0 atom stereocenters. The first kappa shape index (κ1) is 22.6. The molecule has 0 N–H and O–H groups in total. The molecular formula is C27H18F2N4OS. The number of carbonyl (C=O) groups is 1. The number of nitrogens with zero attached hydrogens (tertiary/aromatic N) is 4. The first-order valence-electron chi connectivity index (χ1n) is 10.7. The topological polar surface area (TPSA) is 68.6 Å². The average molecular weight is 485 g/mol. The number of aryl methyl sites for hydroxylation is 1. The maximum Gasteiger partial charge on any atom is 0.174 e. The van der Waals surface area contributed by atoms with Crippen molar-refractivity contribution >= 4 is 17.1 Å². The lowest BCUT2D eigenvalue weighted by Gasteiger charge is -2.08. The van der Waals surface area contributed by atoms with Gasteiger partial charge in [-0.25, -0.2) is 13.8 Å². The Kier molecular flexibility index (Phi) is 6.20. The maximum atomic E-state index is 13.9. The van der Waals surface area contributed by atoms with E-state index < -0.39 is 23.0 Å². The zero-order valence-electron chi connectivity index (χ0n) is 18.6. The van der Waals surface area contributed by atoms with Crippen molar-refractivity contribution in [1.82, 2.24) is 19.9 Å². The average Bonchev–Trinajstić information content (AvgIpc) is 3.36. The predicted molar refractivity (Wildman–Crippen MR) is 131 cm³/mol. The van der Waals surface area contributed by atoms with E-state index in [2.05, 4.69) is 15.0 Å². The molecule has 5 rings (SSSR count). The molecule has 0 aliphatic heterocycles. The smallest absolute Gasteiger partial charge is 0.174 e. The number of pyridine rings is 1. The fraction of sp³-hybridized carbons (Fsp3) is 0.0741. The van der Waals surface area contributed by atoms with Crippen molar-refractivity contribution in [3.05, 3.63) is 107 Å². The van der Waals surface area contributed by atoms with Crippen LogP contribution in [0.3, 0.4) is 0 Å². The summed E-state index contributed by atoms with van der Waals surface area (Å²) in [5, 5.41) is 2.86. The number of benzene rings is 2. The van der Waals surface area contributed by atoms with Crippen molar-refractivity contribution in [2.45, 2.75) is 13.3 Å². The van der Waals surface area contributed by atoms with Crippen LogP contribution >= 0.6 is 11.3 Å². The van der Waals surface area contributed by atoms with Crippen molar-refractivity contribution in [2.75, 3.05) is 0 Å². The Morgan fingerprint density at radius 1 is 0.914 bits per heavy atom. The standard InChI is InChI=1S/C27H18F2N4OS/c1-16-7-8-17(27-33-24(15-35-27)18-4-3-9-30-12-18)10-20(16)23-14-31-19(13-32-23)11-25(34)26-21(28)5-2-6-22(26)29/h2-10,12-15H,11H2,1H3. The Labute approximate surface area is 204 Å². The van der Waals surface area contributed by atoms with Gasteiger partial charge < -0.3 is 0 Å². The minimum atomic E-state index is -0.888. The van der Waals surface area contributed by atoms with Gasteiger partial charge in [-0.2, -0.15) is 0 Å². The lowest BCUT2D eigenvalue weighted by molar-refractivity contribution is 0.0983. The summed E-state index contributed by atoms with van der Waals surface area (Å²) in [5.41, 5.74) is 5.04. The molecular weight excluding hydrogens is 466 g/mol. The third-order valence-corrected chi connectivity index (χ3v) is 6.40. The summed E-state index contributed by atoms with van der Waals surface area (Å²) < 4.78 is 27.8. The number of aromatic nitrogens is 4. The predicted octanol–water partition coefficient (Wildman–Crippen LogP) is 6.34. The molecule has 5 aromatic rings. The Balaban J connectivity index is 1.39. The van der Waals surface area contributed by atoms with Crippen LogP contribution in [0.25, 0.3) is 33.1 Å². The fourth-order valence-corrected chi connectivity index (χ4v) is 4.51. The number of thiazole rings is 1. The van der Waals surface area contributed by atoms with Gasteiger partial charge in [0, 0.05) is 40.7 Å². The van der Waals surface area contributed by atoms with Crippen LogP contribution in [0.15, 0.2) is 78.7 Å². The van der Waals surface area contributed by atoms with Gasteiger partial charge in [0.2, 0.25) is 0 Å². The molecule has 35 heavy (non-hydrogen) atoms. The summed E-state index contributed by atoms with van der Waals surface area (Å²) in [7, 11) is 0. The van der Waals surface area contributed by atoms with Crippen LogP contribution in [0.1, 0.15) is 21.6 Å². The molecule has 0 aliphatic rings. The van der Waals surface area contributed by atoms with Gasteiger partial charge in [-0.1, -0.05) is 18.2 Å². The number of halogens is 2. The molecule has 172 valence electrons. The van der Waals surface area contributed by atoms with Crippen LogP contribution in [0.5, 0.6) is 0 Å². The molecule has 0 spiro atoms. The number of hydrogen-bond acceptors (Lipinski definition) is 6. The number of Topliss-reactive ketones (excluding diaryl/α,β-unsaturated/α-hetero) is 1. The van der Waals surface area contributed by atoms with E-state index in [1.807, 2.05) is 42.6 Å². The van der Waals surface area contributed by atoms with Gasteiger partial charge >= 0.3 is 0 Å². The normalized spacial score (nSPS) is 10.9. The summed E-state index contributed by atoms with van der Waals surface area (Å²) in [6, 6.07) is 13.2. The summed E-state index contributed by atoms with van der Waals surface area (Å²) in [6.45, 7) is 1.97. The molecule has 2 aromatic carbocycles.